The van der Waals surface area contributed by atoms with Crippen molar-refractivity contribution in [1.29, 1.82) is 0 Å². The number of phenolic OH excluding ortho intramolecular Hbond substituents is 1. The number of amides is 1. The Hall–Kier alpha value is -2.01. The molecule has 0 unspecified atom stereocenters. The van der Waals surface area contributed by atoms with Crippen molar-refractivity contribution < 1.29 is 14.6 Å². The maximum absolute atomic E-state index is 11.1. The van der Waals surface area contributed by atoms with Gasteiger partial charge in [0, 0.05) is 12.5 Å². The zero-order chi connectivity index (χ0) is 14.7. The molecule has 5 heteroatoms. The lowest BCUT2D eigenvalue weighted by molar-refractivity contribution is -0.114. The van der Waals surface area contributed by atoms with E-state index in [1.165, 1.54) is 14.0 Å². The van der Waals surface area contributed by atoms with Crippen molar-refractivity contribution in [3.8, 4) is 22.6 Å². The monoisotopic (exact) mass is 335 g/mol. The first-order valence-corrected chi connectivity index (χ1v) is 6.75. The minimum atomic E-state index is -0.165. The summed E-state index contributed by atoms with van der Waals surface area (Å²) in [5.74, 6) is 0.542. The highest BCUT2D eigenvalue weighted by Gasteiger charge is 2.11. The molecule has 0 saturated heterocycles. The van der Waals surface area contributed by atoms with Gasteiger partial charge in [-0.05, 0) is 39.7 Å². The van der Waals surface area contributed by atoms with Crippen LogP contribution in [-0.2, 0) is 4.79 Å². The summed E-state index contributed by atoms with van der Waals surface area (Å²) in [6.07, 6.45) is 0. The average molecular weight is 336 g/mol. The number of para-hydroxylation sites is 1. The fraction of sp³-hybridized carbons (Fsp3) is 0.133. The Kier molecular flexibility index (Phi) is 4.29. The smallest absolute Gasteiger partial charge is 0.221 e. The molecule has 0 aliphatic rings. The quantitative estimate of drug-likeness (QED) is 0.897. The first-order valence-electron chi connectivity index (χ1n) is 5.96. The molecule has 0 fully saturated rings. The van der Waals surface area contributed by atoms with E-state index in [2.05, 4.69) is 21.2 Å². The Balaban J connectivity index is 2.48. The van der Waals surface area contributed by atoms with Crippen LogP contribution >= 0.6 is 15.9 Å². The van der Waals surface area contributed by atoms with E-state index >= 15 is 0 Å². The first kappa shape index (κ1) is 14.4. The zero-order valence-electron chi connectivity index (χ0n) is 11.1. The highest BCUT2D eigenvalue weighted by Crippen LogP contribution is 2.38. The van der Waals surface area contributed by atoms with Crippen LogP contribution in [0.25, 0.3) is 11.1 Å². The normalized spacial score (nSPS) is 10.2. The molecule has 0 heterocycles. The van der Waals surface area contributed by atoms with Gasteiger partial charge in [0.05, 0.1) is 17.3 Å². The van der Waals surface area contributed by atoms with Crippen molar-refractivity contribution in [2.24, 2.45) is 0 Å². The SMILES string of the molecule is COc1cc(-c2cccc(Br)c2O)ccc1NC(C)=O. The van der Waals surface area contributed by atoms with Crippen LogP contribution in [0.3, 0.4) is 0 Å². The predicted molar refractivity (Wildman–Crippen MR) is 82.1 cm³/mol. The van der Waals surface area contributed by atoms with Gasteiger partial charge in [0.25, 0.3) is 0 Å². The molecule has 0 aliphatic heterocycles. The molecule has 4 nitrogen and oxygen atoms in total. The topological polar surface area (TPSA) is 58.6 Å². The molecule has 0 aliphatic carbocycles. The number of methoxy groups -OCH3 is 1. The van der Waals surface area contributed by atoms with Gasteiger partial charge in [-0.15, -0.1) is 0 Å². The Labute approximate surface area is 125 Å². The Bertz CT molecular complexity index is 656. The molecule has 0 radical (unpaired) electrons. The Morgan fingerprint density at radius 3 is 2.70 bits per heavy atom. The fourth-order valence-electron chi connectivity index (χ4n) is 1.90. The van der Waals surface area contributed by atoms with Crippen molar-refractivity contribution in [2.45, 2.75) is 6.92 Å². The van der Waals surface area contributed by atoms with E-state index in [1.807, 2.05) is 18.2 Å². The Morgan fingerprint density at radius 1 is 1.30 bits per heavy atom. The van der Waals surface area contributed by atoms with E-state index in [1.54, 1.807) is 18.2 Å². The number of ether oxygens (including phenoxy) is 1. The number of phenols is 1. The summed E-state index contributed by atoms with van der Waals surface area (Å²) in [4.78, 5) is 11.1. The van der Waals surface area contributed by atoms with Gasteiger partial charge < -0.3 is 15.2 Å². The van der Waals surface area contributed by atoms with E-state index < -0.39 is 0 Å². The van der Waals surface area contributed by atoms with Crippen molar-refractivity contribution >= 4 is 27.5 Å². The van der Waals surface area contributed by atoms with Gasteiger partial charge >= 0.3 is 0 Å². The summed E-state index contributed by atoms with van der Waals surface area (Å²) in [7, 11) is 1.53. The van der Waals surface area contributed by atoms with Crippen molar-refractivity contribution in [3.05, 3.63) is 40.9 Å². The molecule has 2 aromatic rings. The number of anilines is 1. The lowest BCUT2D eigenvalue weighted by atomic mass is 10.0. The van der Waals surface area contributed by atoms with Crippen molar-refractivity contribution in [1.82, 2.24) is 0 Å². The van der Waals surface area contributed by atoms with E-state index in [0.29, 0.717) is 21.5 Å². The van der Waals surface area contributed by atoms with Gasteiger partial charge in [-0.2, -0.15) is 0 Å². The predicted octanol–water partition coefficient (Wildman–Crippen LogP) is 3.79. The maximum atomic E-state index is 11.1. The molecule has 104 valence electrons. The summed E-state index contributed by atoms with van der Waals surface area (Å²) in [6.45, 7) is 1.44. The number of carbonyl (C=O) groups excluding carboxylic acids is 1. The first-order chi connectivity index (χ1) is 9.52. The number of rotatable bonds is 3. The zero-order valence-corrected chi connectivity index (χ0v) is 12.7. The van der Waals surface area contributed by atoms with Crippen LogP contribution in [0.5, 0.6) is 11.5 Å². The number of hydrogen-bond acceptors (Lipinski definition) is 3. The van der Waals surface area contributed by atoms with E-state index in [0.717, 1.165) is 5.56 Å². The lowest BCUT2D eigenvalue weighted by Gasteiger charge is -2.12. The lowest BCUT2D eigenvalue weighted by Crippen LogP contribution is -2.07. The summed E-state index contributed by atoms with van der Waals surface area (Å²) in [6, 6.07) is 10.7. The van der Waals surface area contributed by atoms with Crippen LogP contribution in [0.15, 0.2) is 40.9 Å². The second-order valence-electron chi connectivity index (χ2n) is 4.23. The molecule has 0 saturated carbocycles. The van der Waals surface area contributed by atoms with Gasteiger partial charge in [0.15, 0.2) is 0 Å². The van der Waals surface area contributed by atoms with Crippen LogP contribution in [0.4, 0.5) is 5.69 Å². The molecular weight excluding hydrogens is 322 g/mol. The van der Waals surface area contributed by atoms with Crippen LogP contribution in [0.2, 0.25) is 0 Å². The maximum Gasteiger partial charge on any atom is 0.221 e. The van der Waals surface area contributed by atoms with Gasteiger partial charge in [-0.3, -0.25) is 4.79 Å². The summed E-state index contributed by atoms with van der Waals surface area (Å²) in [5, 5.41) is 12.8. The highest BCUT2D eigenvalue weighted by molar-refractivity contribution is 9.10. The second-order valence-corrected chi connectivity index (χ2v) is 5.09. The fourth-order valence-corrected chi connectivity index (χ4v) is 2.27. The summed E-state index contributed by atoms with van der Waals surface area (Å²) in [5.41, 5.74) is 2.08. The molecule has 2 rings (SSSR count). The van der Waals surface area contributed by atoms with Crippen molar-refractivity contribution in [3.63, 3.8) is 0 Å². The van der Waals surface area contributed by atoms with Gasteiger partial charge in [-0.25, -0.2) is 0 Å². The van der Waals surface area contributed by atoms with Crippen LogP contribution in [-0.4, -0.2) is 18.1 Å². The number of hydrogen-bond donors (Lipinski definition) is 2. The minimum absolute atomic E-state index is 0.165. The molecule has 0 bridgehead atoms. The molecule has 20 heavy (non-hydrogen) atoms. The van der Waals surface area contributed by atoms with E-state index in [9.17, 15) is 9.90 Å². The third-order valence-electron chi connectivity index (χ3n) is 2.81. The largest absolute Gasteiger partial charge is 0.506 e. The second kappa shape index (κ2) is 5.96. The third-order valence-corrected chi connectivity index (χ3v) is 3.45. The molecule has 0 spiro atoms. The molecular formula is C15H14BrNO3. The van der Waals surface area contributed by atoms with Gasteiger partial charge in [0.1, 0.15) is 11.5 Å². The minimum Gasteiger partial charge on any atom is -0.506 e. The Morgan fingerprint density at radius 2 is 2.05 bits per heavy atom. The number of nitrogens with one attached hydrogen (secondary N) is 1. The highest BCUT2D eigenvalue weighted by atomic mass is 79.9. The summed E-state index contributed by atoms with van der Waals surface area (Å²) >= 11 is 3.29. The standard InChI is InChI=1S/C15H14BrNO3/c1-9(18)17-13-7-6-10(8-14(13)20-2)11-4-3-5-12(16)15(11)19/h3-8,19H,1-2H3,(H,17,18). The molecule has 1 amide bonds. The van der Waals surface area contributed by atoms with E-state index in [4.69, 9.17) is 4.74 Å². The molecule has 2 N–H and O–H groups in total. The van der Waals surface area contributed by atoms with Gasteiger partial charge in [0.2, 0.25) is 5.91 Å². The van der Waals surface area contributed by atoms with Crippen LogP contribution < -0.4 is 10.1 Å². The van der Waals surface area contributed by atoms with Crippen molar-refractivity contribution in [2.75, 3.05) is 12.4 Å². The van der Waals surface area contributed by atoms with Gasteiger partial charge in [-0.1, -0.05) is 18.2 Å². The van der Waals surface area contributed by atoms with E-state index in [-0.39, 0.29) is 11.7 Å². The number of carbonyl (C=O) groups is 1. The average Bonchev–Trinajstić information content (AvgIpc) is 2.42. The molecule has 2 aromatic carbocycles. The number of halogens is 1. The van der Waals surface area contributed by atoms with Crippen LogP contribution in [0.1, 0.15) is 6.92 Å². The number of benzene rings is 2. The van der Waals surface area contributed by atoms with Crippen LogP contribution in [0, 0.1) is 0 Å². The number of aromatic hydroxyl groups is 1. The summed E-state index contributed by atoms with van der Waals surface area (Å²) < 4.78 is 5.90. The molecule has 0 atom stereocenters. The molecule has 0 aromatic heterocycles. The third kappa shape index (κ3) is 2.93.